The number of carboxylic acids is 1. The molecule has 2 aromatic rings. The first kappa shape index (κ1) is 10.9. The zero-order valence-corrected chi connectivity index (χ0v) is 8.90. The summed E-state index contributed by atoms with van der Waals surface area (Å²) < 4.78 is 0. The maximum Gasteiger partial charge on any atom is 0.354 e. The highest BCUT2D eigenvalue weighted by Gasteiger charge is 2.06. The Morgan fingerprint density at radius 3 is 3.06 bits per heavy atom. The van der Waals surface area contributed by atoms with Gasteiger partial charge in [0, 0.05) is 6.20 Å². The number of aryl methyl sites for hydroxylation is 1. The molecule has 0 aliphatic carbocycles. The van der Waals surface area contributed by atoms with Crippen LogP contribution in [0, 0.1) is 0 Å². The average molecular weight is 235 g/mol. The fourth-order valence-corrected chi connectivity index (χ4v) is 1.12. The molecule has 0 unspecified atom stereocenters. The van der Waals surface area contributed by atoms with Gasteiger partial charge in [-0.25, -0.2) is 14.8 Å². The minimum atomic E-state index is -1.10. The number of rotatable bonds is 4. The topological polar surface area (TPSA) is 119 Å². The van der Waals surface area contributed by atoms with Crippen LogP contribution < -0.4 is 5.32 Å². The van der Waals surface area contributed by atoms with Crippen molar-refractivity contribution < 1.29 is 9.90 Å². The largest absolute Gasteiger partial charge is 0.477 e. The maximum atomic E-state index is 10.7. The Morgan fingerprint density at radius 1 is 1.59 bits per heavy atom. The number of tetrazole rings is 1. The summed E-state index contributed by atoms with van der Waals surface area (Å²) in [5, 5.41) is 22.9. The fraction of sp³-hybridized carbons (Fsp3) is 0.250. The van der Waals surface area contributed by atoms with Crippen LogP contribution in [0.15, 0.2) is 12.3 Å². The van der Waals surface area contributed by atoms with Gasteiger partial charge in [0.25, 0.3) is 0 Å². The SMILES string of the molecule is Cn1nnc(CNc2nccc(C(=O)O)n2)n1. The van der Waals surface area contributed by atoms with Crippen molar-refractivity contribution >= 4 is 11.9 Å². The highest BCUT2D eigenvalue weighted by Crippen LogP contribution is 2.01. The highest BCUT2D eigenvalue weighted by molar-refractivity contribution is 5.85. The minimum Gasteiger partial charge on any atom is -0.477 e. The van der Waals surface area contributed by atoms with Gasteiger partial charge in [-0.05, 0) is 11.3 Å². The lowest BCUT2D eigenvalue weighted by Crippen LogP contribution is -2.08. The summed E-state index contributed by atoms with van der Waals surface area (Å²) in [7, 11) is 1.65. The standard InChI is InChI=1S/C8H9N7O2/c1-15-13-6(12-14-15)4-10-8-9-3-2-5(11-8)7(16)17/h2-3H,4H2,1H3,(H,16,17)(H,9,10,11). The van der Waals surface area contributed by atoms with Gasteiger partial charge < -0.3 is 10.4 Å². The van der Waals surface area contributed by atoms with Gasteiger partial charge >= 0.3 is 5.97 Å². The first-order valence-corrected chi connectivity index (χ1v) is 4.68. The number of anilines is 1. The molecule has 2 N–H and O–H groups in total. The summed E-state index contributed by atoms with van der Waals surface area (Å²) in [5.74, 6) is -0.428. The van der Waals surface area contributed by atoms with Gasteiger partial charge in [0.1, 0.15) is 0 Å². The van der Waals surface area contributed by atoms with Gasteiger partial charge in [-0.3, -0.25) is 0 Å². The number of hydrogen-bond donors (Lipinski definition) is 2. The molecule has 0 saturated carbocycles. The second-order valence-electron chi connectivity index (χ2n) is 3.12. The van der Waals surface area contributed by atoms with Crippen molar-refractivity contribution in [1.29, 1.82) is 0 Å². The van der Waals surface area contributed by atoms with Crippen LogP contribution in [0.2, 0.25) is 0 Å². The molecular weight excluding hydrogens is 226 g/mol. The van der Waals surface area contributed by atoms with Crippen molar-refractivity contribution in [3.8, 4) is 0 Å². The van der Waals surface area contributed by atoms with E-state index < -0.39 is 5.97 Å². The van der Waals surface area contributed by atoms with Crippen LogP contribution in [0.1, 0.15) is 16.3 Å². The zero-order valence-electron chi connectivity index (χ0n) is 8.90. The number of aromatic nitrogens is 6. The van der Waals surface area contributed by atoms with E-state index in [-0.39, 0.29) is 18.2 Å². The Bertz CT molecular complexity index is 538. The lowest BCUT2D eigenvalue weighted by molar-refractivity contribution is 0.0690. The number of nitrogens with zero attached hydrogens (tertiary/aromatic N) is 6. The molecule has 88 valence electrons. The van der Waals surface area contributed by atoms with Crippen LogP contribution >= 0.6 is 0 Å². The maximum absolute atomic E-state index is 10.7. The smallest absolute Gasteiger partial charge is 0.354 e. The van der Waals surface area contributed by atoms with Crippen molar-refractivity contribution in [3.63, 3.8) is 0 Å². The highest BCUT2D eigenvalue weighted by atomic mass is 16.4. The van der Waals surface area contributed by atoms with Crippen LogP contribution in [0.5, 0.6) is 0 Å². The van der Waals surface area contributed by atoms with Crippen LogP contribution in [-0.4, -0.2) is 41.3 Å². The normalized spacial score (nSPS) is 10.2. The Morgan fingerprint density at radius 2 is 2.41 bits per heavy atom. The van der Waals surface area contributed by atoms with Crippen LogP contribution in [0.3, 0.4) is 0 Å². The molecule has 2 aromatic heterocycles. The molecule has 0 aromatic carbocycles. The number of carboxylic acid groups (broad SMARTS) is 1. The molecule has 2 rings (SSSR count). The Balaban J connectivity index is 2.04. The first-order chi connectivity index (χ1) is 8.15. The summed E-state index contributed by atoms with van der Waals surface area (Å²) in [6.07, 6.45) is 1.36. The predicted octanol–water partition coefficient (Wildman–Crippen LogP) is -0.690. The predicted molar refractivity (Wildman–Crippen MR) is 55.1 cm³/mol. The molecule has 17 heavy (non-hydrogen) atoms. The molecule has 0 atom stereocenters. The van der Waals surface area contributed by atoms with Crippen molar-refractivity contribution in [3.05, 3.63) is 23.8 Å². The number of nitrogens with one attached hydrogen (secondary N) is 1. The third-order valence-corrected chi connectivity index (χ3v) is 1.83. The second-order valence-corrected chi connectivity index (χ2v) is 3.12. The van der Waals surface area contributed by atoms with Crippen LogP contribution in [0.25, 0.3) is 0 Å². The Kier molecular flexibility index (Phi) is 2.90. The molecular formula is C8H9N7O2. The number of hydrogen-bond acceptors (Lipinski definition) is 7. The van der Waals surface area contributed by atoms with Gasteiger partial charge in [0.2, 0.25) is 5.95 Å². The van der Waals surface area contributed by atoms with E-state index >= 15 is 0 Å². The minimum absolute atomic E-state index is 0.0744. The van der Waals surface area contributed by atoms with Gasteiger partial charge in [-0.1, -0.05) is 0 Å². The van der Waals surface area contributed by atoms with Crippen LogP contribution in [0.4, 0.5) is 5.95 Å². The third-order valence-electron chi connectivity index (χ3n) is 1.83. The molecule has 0 amide bonds. The molecule has 0 radical (unpaired) electrons. The Labute approximate surface area is 95.5 Å². The van der Waals surface area contributed by atoms with E-state index in [1.165, 1.54) is 17.1 Å². The lowest BCUT2D eigenvalue weighted by atomic mass is 10.4. The van der Waals surface area contributed by atoms with E-state index in [1.54, 1.807) is 7.05 Å². The molecule has 0 aliphatic heterocycles. The molecule has 0 saturated heterocycles. The summed E-state index contributed by atoms with van der Waals surface area (Å²) in [4.78, 5) is 19.7. The molecule has 0 fully saturated rings. The third kappa shape index (κ3) is 2.71. The van der Waals surface area contributed by atoms with Gasteiger partial charge in [-0.2, -0.15) is 4.80 Å². The number of aromatic carboxylic acids is 1. The molecule has 9 nitrogen and oxygen atoms in total. The van der Waals surface area contributed by atoms with E-state index in [2.05, 4.69) is 30.7 Å². The van der Waals surface area contributed by atoms with E-state index in [4.69, 9.17) is 5.11 Å². The monoisotopic (exact) mass is 235 g/mol. The van der Waals surface area contributed by atoms with Gasteiger partial charge in [0.05, 0.1) is 13.6 Å². The van der Waals surface area contributed by atoms with Crippen LogP contribution in [-0.2, 0) is 13.6 Å². The van der Waals surface area contributed by atoms with E-state index in [1.807, 2.05) is 0 Å². The lowest BCUT2D eigenvalue weighted by Gasteiger charge is -2.01. The first-order valence-electron chi connectivity index (χ1n) is 4.68. The summed E-state index contributed by atoms with van der Waals surface area (Å²) in [6.45, 7) is 0.275. The van der Waals surface area contributed by atoms with E-state index in [9.17, 15) is 4.79 Å². The van der Waals surface area contributed by atoms with Crippen molar-refractivity contribution in [2.75, 3.05) is 5.32 Å². The van der Waals surface area contributed by atoms with Gasteiger partial charge in [-0.15, -0.1) is 10.2 Å². The molecule has 0 aliphatic rings. The van der Waals surface area contributed by atoms with Gasteiger partial charge in [0.15, 0.2) is 11.5 Å². The van der Waals surface area contributed by atoms with Crippen molar-refractivity contribution in [2.45, 2.75) is 6.54 Å². The molecule has 9 heteroatoms. The van der Waals surface area contributed by atoms with Crippen molar-refractivity contribution in [1.82, 2.24) is 30.2 Å². The Hall–Kier alpha value is -2.58. The van der Waals surface area contributed by atoms with Crippen molar-refractivity contribution in [2.24, 2.45) is 7.05 Å². The molecule has 0 spiro atoms. The zero-order chi connectivity index (χ0) is 12.3. The summed E-state index contributed by atoms with van der Waals surface area (Å²) in [5.41, 5.74) is -0.0744. The summed E-state index contributed by atoms with van der Waals surface area (Å²) >= 11 is 0. The quantitative estimate of drug-likeness (QED) is 0.714. The van der Waals surface area contributed by atoms with E-state index in [0.29, 0.717) is 5.82 Å². The average Bonchev–Trinajstić information content (AvgIpc) is 2.73. The number of carbonyl (C=O) groups is 1. The second kappa shape index (κ2) is 4.51. The fourth-order valence-electron chi connectivity index (χ4n) is 1.12. The van der Waals surface area contributed by atoms with E-state index in [0.717, 1.165) is 0 Å². The molecule has 2 heterocycles. The summed E-state index contributed by atoms with van der Waals surface area (Å²) in [6, 6.07) is 1.31. The molecule has 0 bridgehead atoms.